The minimum atomic E-state index is -0.0782. The van der Waals surface area contributed by atoms with Gasteiger partial charge in [0.2, 0.25) is 5.91 Å². The fourth-order valence-electron chi connectivity index (χ4n) is 2.29. The summed E-state index contributed by atoms with van der Waals surface area (Å²) in [6, 6.07) is 4.14. The van der Waals surface area contributed by atoms with Crippen LogP contribution >= 0.6 is 0 Å². The molecule has 1 amide bonds. The number of nitrogens with one attached hydrogen (secondary N) is 2. The molecule has 19 heavy (non-hydrogen) atoms. The molecule has 1 aliphatic rings. The minimum absolute atomic E-state index is 0.0595. The third kappa shape index (κ3) is 3.81. The zero-order valence-electron chi connectivity index (χ0n) is 11.7. The number of amides is 1. The molecule has 2 N–H and O–H groups in total. The number of rotatable bonds is 7. The molecule has 1 fully saturated rings. The zero-order valence-corrected chi connectivity index (χ0v) is 11.7. The summed E-state index contributed by atoms with van der Waals surface area (Å²) in [5.74, 6) is 0.852. The van der Waals surface area contributed by atoms with E-state index in [0.717, 1.165) is 31.8 Å². The first kappa shape index (κ1) is 14.1. The van der Waals surface area contributed by atoms with E-state index in [-0.39, 0.29) is 11.9 Å². The maximum absolute atomic E-state index is 12.1. The molecular weight excluding hydrogens is 242 g/mol. The second-order valence-corrected chi connectivity index (χ2v) is 5.09. The van der Waals surface area contributed by atoms with Crippen molar-refractivity contribution in [1.82, 2.24) is 15.5 Å². The van der Waals surface area contributed by atoms with E-state index >= 15 is 0 Å². The van der Waals surface area contributed by atoms with Crippen LogP contribution in [0.15, 0.2) is 22.8 Å². The first-order valence-corrected chi connectivity index (χ1v) is 6.98. The molecule has 5 heteroatoms. The Kier molecular flexibility index (Phi) is 4.99. The zero-order chi connectivity index (χ0) is 13.7. The first-order valence-electron chi connectivity index (χ1n) is 6.98. The topological polar surface area (TPSA) is 57.5 Å². The van der Waals surface area contributed by atoms with Crippen LogP contribution in [-0.2, 0) is 4.79 Å². The molecule has 1 unspecified atom stereocenters. The molecule has 0 saturated carbocycles. The molecule has 1 aliphatic heterocycles. The third-order valence-corrected chi connectivity index (χ3v) is 3.48. The lowest BCUT2D eigenvalue weighted by Gasteiger charge is -2.37. The Morgan fingerprint density at radius 2 is 2.42 bits per heavy atom. The summed E-state index contributed by atoms with van der Waals surface area (Å²) in [7, 11) is 0. The predicted molar refractivity (Wildman–Crippen MR) is 73.8 cm³/mol. The number of carbonyl (C=O) groups excluding carboxylic acids is 1. The van der Waals surface area contributed by atoms with Gasteiger partial charge in [0.1, 0.15) is 5.76 Å². The Morgan fingerprint density at radius 1 is 1.63 bits per heavy atom. The minimum Gasteiger partial charge on any atom is -0.467 e. The molecule has 1 atom stereocenters. The summed E-state index contributed by atoms with van der Waals surface area (Å²) in [6.45, 7) is 7.48. The van der Waals surface area contributed by atoms with Crippen molar-refractivity contribution in [3.8, 4) is 0 Å². The molecule has 1 saturated heterocycles. The van der Waals surface area contributed by atoms with Gasteiger partial charge in [-0.05, 0) is 32.0 Å². The van der Waals surface area contributed by atoms with Crippen molar-refractivity contribution in [1.29, 1.82) is 0 Å². The van der Waals surface area contributed by atoms with Gasteiger partial charge in [-0.1, -0.05) is 6.92 Å². The Hall–Kier alpha value is -1.33. The number of hydrogen-bond donors (Lipinski definition) is 2. The lowest BCUT2D eigenvalue weighted by molar-refractivity contribution is -0.123. The van der Waals surface area contributed by atoms with Crippen LogP contribution in [0.4, 0.5) is 0 Å². The SMILES string of the molecule is CCCN(CC(=O)NC(C)c1ccco1)C1CNC1. The van der Waals surface area contributed by atoms with Gasteiger partial charge in [-0.3, -0.25) is 9.69 Å². The molecule has 0 aliphatic carbocycles. The van der Waals surface area contributed by atoms with Gasteiger partial charge in [0.15, 0.2) is 0 Å². The maximum atomic E-state index is 12.1. The van der Waals surface area contributed by atoms with Crippen molar-refractivity contribution >= 4 is 5.91 Å². The number of hydrogen-bond acceptors (Lipinski definition) is 4. The summed E-state index contributed by atoms with van der Waals surface area (Å²) < 4.78 is 5.29. The Labute approximate surface area is 114 Å². The lowest BCUT2D eigenvalue weighted by Crippen LogP contribution is -2.59. The molecular formula is C14H23N3O2. The Balaban J connectivity index is 1.81. The molecule has 106 valence electrons. The summed E-state index contributed by atoms with van der Waals surface area (Å²) in [4.78, 5) is 14.3. The van der Waals surface area contributed by atoms with Gasteiger partial charge in [-0.15, -0.1) is 0 Å². The molecule has 0 radical (unpaired) electrons. The van der Waals surface area contributed by atoms with E-state index in [1.54, 1.807) is 6.26 Å². The van der Waals surface area contributed by atoms with Crippen molar-refractivity contribution in [3.63, 3.8) is 0 Å². The standard InChI is InChI=1S/C14H23N3O2/c1-3-6-17(12-8-15-9-12)10-14(18)16-11(2)13-5-4-7-19-13/h4-5,7,11-12,15H,3,6,8-10H2,1-2H3,(H,16,18). The fourth-order valence-corrected chi connectivity index (χ4v) is 2.29. The average Bonchev–Trinajstić information content (AvgIpc) is 2.79. The van der Waals surface area contributed by atoms with Gasteiger partial charge in [0.25, 0.3) is 0 Å². The Bertz CT molecular complexity index is 387. The van der Waals surface area contributed by atoms with Crippen LogP contribution < -0.4 is 10.6 Å². The van der Waals surface area contributed by atoms with E-state index in [1.807, 2.05) is 19.1 Å². The maximum Gasteiger partial charge on any atom is 0.234 e. The van der Waals surface area contributed by atoms with E-state index in [0.29, 0.717) is 12.6 Å². The fraction of sp³-hybridized carbons (Fsp3) is 0.643. The molecule has 1 aromatic rings. The second kappa shape index (κ2) is 6.73. The lowest BCUT2D eigenvalue weighted by atomic mass is 10.1. The smallest absolute Gasteiger partial charge is 0.234 e. The molecule has 0 spiro atoms. The first-order chi connectivity index (χ1) is 9.20. The van der Waals surface area contributed by atoms with Crippen LogP contribution in [0.5, 0.6) is 0 Å². The van der Waals surface area contributed by atoms with Crippen molar-refractivity contribution in [2.75, 3.05) is 26.2 Å². The largest absolute Gasteiger partial charge is 0.467 e. The van der Waals surface area contributed by atoms with Crippen molar-refractivity contribution in [2.45, 2.75) is 32.4 Å². The van der Waals surface area contributed by atoms with Crippen LogP contribution in [0.2, 0.25) is 0 Å². The van der Waals surface area contributed by atoms with Gasteiger partial charge >= 0.3 is 0 Å². The van der Waals surface area contributed by atoms with Crippen LogP contribution in [0.3, 0.4) is 0 Å². The van der Waals surface area contributed by atoms with Crippen molar-refractivity contribution in [3.05, 3.63) is 24.2 Å². The summed E-state index contributed by atoms with van der Waals surface area (Å²) >= 11 is 0. The highest BCUT2D eigenvalue weighted by molar-refractivity contribution is 5.78. The van der Waals surface area contributed by atoms with Crippen LogP contribution in [0.25, 0.3) is 0 Å². The monoisotopic (exact) mass is 265 g/mol. The van der Waals surface area contributed by atoms with Gasteiger partial charge in [-0.2, -0.15) is 0 Å². The summed E-state index contributed by atoms with van der Waals surface area (Å²) in [5.41, 5.74) is 0. The van der Waals surface area contributed by atoms with E-state index < -0.39 is 0 Å². The molecule has 0 aromatic carbocycles. The summed E-state index contributed by atoms with van der Waals surface area (Å²) in [6.07, 6.45) is 2.69. The van der Waals surface area contributed by atoms with Crippen molar-refractivity contribution in [2.24, 2.45) is 0 Å². The molecule has 2 heterocycles. The number of furan rings is 1. The average molecular weight is 265 g/mol. The highest BCUT2D eigenvalue weighted by Crippen LogP contribution is 2.12. The second-order valence-electron chi connectivity index (χ2n) is 5.09. The molecule has 1 aromatic heterocycles. The van der Waals surface area contributed by atoms with E-state index in [2.05, 4.69) is 22.5 Å². The van der Waals surface area contributed by atoms with Gasteiger partial charge in [-0.25, -0.2) is 0 Å². The van der Waals surface area contributed by atoms with E-state index in [4.69, 9.17) is 4.42 Å². The van der Waals surface area contributed by atoms with Crippen molar-refractivity contribution < 1.29 is 9.21 Å². The summed E-state index contributed by atoms with van der Waals surface area (Å²) in [5, 5.41) is 6.23. The number of carbonyl (C=O) groups is 1. The highest BCUT2D eigenvalue weighted by atomic mass is 16.3. The van der Waals surface area contributed by atoms with Gasteiger partial charge in [0, 0.05) is 19.1 Å². The predicted octanol–water partition coefficient (Wildman–Crippen LogP) is 1.14. The Morgan fingerprint density at radius 3 is 2.95 bits per heavy atom. The van der Waals surface area contributed by atoms with Crippen LogP contribution in [-0.4, -0.2) is 43.0 Å². The van der Waals surface area contributed by atoms with Crippen LogP contribution in [0.1, 0.15) is 32.1 Å². The molecule has 5 nitrogen and oxygen atoms in total. The van der Waals surface area contributed by atoms with Gasteiger partial charge < -0.3 is 15.1 Å². The van der Waals surface area contributed by atoms with Gasteiger partial charge in [0.05, 0.1) is 18.8 Å². The highest BCUT2D eigenvalue weighted by Gasteiger charge is 2.26. The number of nitrogens with zero attached hydrogens (tertiary/aromatic N) is 1. The van der Waals surface area contributed by atoms with E-state index in [1.165, 1.54) is 0 Å². The van der Waals surface area contributed by atoms with E-state index in [9.17, 15) is 4.79 Å². The molecule has 2 rings (SSSR count). The van der Waals surface area contributed by atoms with Crippen LogP contribution in [0, 0.1) is 0 Å². The molecule has 0 bridgehead atoms. The normalized spacial score (nSPS) is 17.2. The quantitative estimate of drug-likeness (QED) is 0.776. The third-order valence-electron chi connectivity index (χ3n) is 3.48.